The van der Waals surface area contributed by atoms with E-state index in [1.54, 1.807) is 18.2 Å². The predicted molar refractivity (Wildman–Crippen MR) is 99.0 cm³/mol. The van der Waals surface area contributed by atoms with E-state index in [9.17, 15) is 5.11 Å². The molecule has 0 aliphatic rings. The Balaban J connectivity index is 1.92. The van der Waals surface area contributed by atoms with Crippen LogP contribution < -0.4 is 9.47 Å². The number of hydrogen-bond donors (Lipinski definition) is 1. The van der Waals surface area contributed by atoms with Crippen molar-refractivity contribution in [3.63, 3.8) is 0 Å². The Morgan fingerprint density at radius 1 is 0.960 bits per heavy atom. The summed E-state index contributed by atoms with van der Waals surface area (Å²) < 4.78 is 43.5. The summed E-state index contributed by atoms with van der Waals surface area (Å²) in [6, 6.07) is 13.7. The second-order valence-electron chi connectivity index (χ2n) is 5.63. The van der Waals surface area contributed by atoms with Gasteiger partial charge in [-0.05, 0) is 35.7 Å². The molecule has 1 N–H and O–H groups in total. The molecule has 0 radical (unpaired) electrons. The zero-order valence-corrected chi connectivity index (χ0v) is 14.2. The van der Waals surface area contributed by atoms with E-state index in [1.807, 2.05) is 30.3 Å². The van der Waals surface area contributed by atoms with Crippen LogP contribution in [-0.2, 0) is 6.61 Å². The largest absolute Gasteiger partial charge is 0.493 e. The Labute approximate surface area is 154 Å². The fourth-order valence-corrected chi connectivity index (χ4v) is 2.40. The molecule has 25 heavy (non-hydrogen) atoms. The highest BCUT2D eigenvalue weighted by molar-refractivity contribution is 5.45. The molecule has 1 atom stereocenters. The van der Waals surface area contributed by atoms with Crippen LogP contribution >= 0.6 is 0 Å². The fourth-order valence-electron chi connectivity index (χ4n) is 2.40. The van der Waals surface area contributed by atoms with E-state index in [4.69, 9.17) is 15.0 Å². The lowest BCUT2D eigenvalue weighted by Crippen LogP contribution is -2.02. The predicted octanol–water partition coefficient (Wildman–Crippen LogP) is 4.66. The Hall–Kier alpha value is -2.78. The molecular formula is C22H22O3. The second-order valence-corrected chi connectivity index (χ2v) is 5.63. The highest BCUT2D eigenvalue weighted by Crippen LogP contribution is 2.33. The third kappa shape index (κ3) is 4.20. The van der Waals surface area contributed by atoms with Gasteiger partial charge in [0.25, 0.3) is 0 Å². The van der Waals surface area contributed by atoms with E-state index in [0.717, 1.165) is 5.56 Å². The first-order valence-corrected chi connectivity index (χ1v) is 7.94. The van der Waals surface area contributed by atoms with Crippen LogP contribution in [0.3, 0.4) is 0 Å². The summed E-state index contributed by atoms with van der Waals surface area (Å²) in [5, 5.41) is 10.8. The zero-order valence-electron chi connectivity index (χ0n) is 18.2. The molecule has 3 nitrogen and oxygen atoms in total. The maximum atomic E-state index is 10.8. The lowest BCUT2D eigenvalue weighted by atomic mass is 10.0. The summed E-state index contributed by atoms with van der Waals surface area (Å²) in [5.41, 5.74) is 1.57. The lowest BCUT2D eigenvalue weighted by Gasteiger charge is -2.16. The average Bonchev–Trinajstić information content (AvgIpc) is 2.75. The number of benzene rings is 3. The summed E-state index contributed by atoms with van der Waals surface area (Å²) in [5.74, 6) is 0.899. The van der Waals surface area contributed by atoms with Gasteiger partial charge in [-0.25, -0.2) is 0 Å². The van der Waals surface area contributed by atoms with Gasteiger partial charge in [0.1, 0.15) is 12.7 Å². The maximum absolute atomic E-state index is 10.8. The van der Waals surface area contributed by atoms with Crippen LogP contribution in [0.15, 0.2) is 72.7 Å². The molecule has 0 aromatic heterocycles. The third-order valence-corrected chi connectivity index (χ3v) is 3.78. The van der Waals surface area contributed by atoms with Gasteiger partial charge >= 0.3 is 0 Å². The van der Waals surface area contributed by atoms with Crippen molar-refractivity contribution in [1.82, 2.24) is 0 Å². The van der Waals surface area contributed by atoms with Gasteiger partial charge < -0.3 is 14.6 Å². The average molecular weight is 338 g/mol. The van der Waals surface area contributed by atoms with Crippen LogP contribution in [0.25, 0.3) is 0 Å². The lowest BCUT2D eigenvalue weighted by molar-refractivity contribution is 0.219. The van der Waals surface area contributed by atoms with Crippen LogP contribution in [-0.4, -0.2) is 12.2 Å². The first kappa shape index (κ1) is 12.6. The van der Waals surface area contributed by atoms with E-state index in [0.29, 0.717) is 23.7 Å². The van der Waals surface area contributed by atoms with E-state index in [1.165, 1.54) is 14.0 Å². The fraction of sp³-hybridized carbons (Fsp3) is 0.182. The summed E-state index contributed by atoms with van der Waals surface area (Å²) in [6.07, 6.45) is -1.33. The van der Waals surface area contributed by atoms with Gasteiger partial charge in [0.15, 0.2) is 11.5 Å². The monoisotopic (exact) mass is 338 g/mol. The van der Waals surface area contributed by atoms with E-state index < -0.39 is 6.10 Å². The van der Waals surface area contributed by atoms with Crippen LogP contribution in [0, 0.1) is 6.92 Å². The van der Waals surface area contributed by atoms with Gasteiger partial charge in [0.05, 0.1) is 12.6 Å². The molecule has 0 spiro atoms. The molecule has 3 aromatic rings. The van der Waals surface area contributed by atoms with Crippen molar-refractivity contribution in [1.29, 1.82) is 0 Å². The molecule has 0 bridgehead atoms. The van der Waals surface area contributed by atoms with E-state index in [2.05, 4.69) is 0 Å². The van der Waals surface area contributed by atoms with Gasteiger partial charge in [-0.1, -0.05) is 66.1 Å². The van der Waals surface area contributed by atoms with Crippen LogP contribution in [0.2, 0.25) is 0 Å². The first-order valence-electron chi connectivity index (χ1n) is 9.94. The van der Waals surface area contributed by atoms with Crippen LogP contribution in [0.5, 0.6) is 11.5 Å². The molecule has 0 fully saturated rings. The standard InChI is InChI=1S/C22H22O3/c1-16-8-10-18(11-9-16)22(23)19-12-13-20(21(14-19)24-2)25-15-17-6-4-3-5-7-17/h3-14,22-23H,15H2,1-2H3/i8D,9D,10D,11D. The van der Waals surface area contributed by atoms with Crippen molar-refractivity contribution < 1.29 is 20.1 Å². The first-order chi connectivity index (χ1) is 13.8. The Morgan fingerprint density at radius 3 is 2.36 bits per heavy atom. The summed E-state index contributed by atoms with van der Waals surface area (Å²) in [6.45, 7) is 1.88. The summed E-state index contributed by atoms with van der Waals surface area (Å²) >= 11 is 0. The molecule has 128 valence electrons. The molecule has 1 unspecified atom stereocenters. The van der Waals surface area contributed by atoms with Crippen LogP contribution in [0.4, 0.5) is 0 Å². The smallest absolute Gasteiger partial charge is 0.161 e. The number of aliphatic hydroxyl groups is 1. The number of rotatable bonds is 6. The number of aliphatic hydroxyl groups excluding tert-OH is 1. The van der Waals surface area contributed by atoms with Crippen molar-refractivity contribution in [2.24, 2.45) is 0 Å². The molecule has 0 saturated carbocycles. The van der Waals surface area contributed by atoms with Crippen molar-refractivity contribution in [3.8, 4) is 11.5 Å². The Morgan fingerprint density at radius 2 is 1.68 bits per heavy atom. The molecule has 3 aromatic carbocycles. The number of methoxy groups -OCH3 is 1. The van der Waals surface area contributed by atoms with E-state index >= 15 is 0 Å². The minimum absolute atomic E-state index is 0.0643. The van der Waals surface area contributed by atoms with E-state index in [-0.39, 0.29) is 35.3 Å². The van der Waals surface area contributed by atoms with Crippen LogP contribution in [0.1, 0.15) is 33.8 Å². The Bertz CT molecular complexity index is 993. The van der Waals surface area contributed by atoms with Crippen molar-refractivity contribution in [2.45, 2.75) is 19.6 Å². The molecule has 0 aliphatic heterocycles. The van der Waals surface area contributed by atoms with Gasteiger partial charge in [0, 0.05) is 0 Å². The van der Waals surface area contributed by atoms with Gasteiger partial charge in [-0.2, -0.15) is 0 Å². The molecule has 0 aliphatic carbocycles. The summed E-state index contributed by atoms with van der Waals surface area (Å²) in [7, 11) is 1.49. The molecular weight excluding hydrogens is 312 g/mol. The van der Waals surface area contributed by atoms with Crippen molar-refractivity contribution in [3.05, 3.63) is 95.0 Å². The van der Waals surface area contributed by atoms with Gasteiger partial charge in [-0.15, -0.1) is 0 Å². The molecule has 0 saturated heterocycles. The molecule has 0 amide bonds. The normalized spacial score (nSPS) is 14.0. The maximum Gasteiger partial charge on any atom is 0.161 e. The number of ether oxygens (including phenoxy) is 2. The molecule has 3 heteroatoms. The minimum atomic E-state index is -1.33. The van der Waals surface area contributed by atoms with Gasteiger partial charge in [0.2, 0.25) is 0 Å². The number of hydrogen-bond acceptors (Lipinski definition) is 3. The highest BCUT2D eigenvalue weighted by atomic mass is 16.5. The molecule has 0 heterocycles. The second kappa shape index (κ2) is 7.86. The zero-order chi connectivity index (χ0) is 21.1. The van der Waals surface area contributed by atoms with Crippen molar-refractivity contribution >= 4 is 0 Å². The minimum Gasteiger partial charge on any atom is -0.493 e. The molecule has 3 rings (SSSR count). The topological polar surface area (TPSA) is 38.7 Å². The van der Waals surface area contributed by atoms with Gasteiger partial charge in [-0.3, -0.25) is 0 Å². The Kier molecular flexibility index (Phi) is 3.95. The summed E-state index contributed by atoms with van der Waals surface area (Å²) in [4.78, 5) is 0. The third-order valence-electron chi connectivity index (χ3n) is 3.78. The highest BCUT2D eigenvalue weighted by Gasteiger charge is 2.14. The SMILES string of the molecule is [2H]c1c([2H])c(C(O)c2ccc(OCc3ccccc3)c(OC)c2)c([2H])c([2H])c1C. The van der Waals surface area contributed by atoms with Crippen molar-refractivity contribution in [2.75, 3.05) is 7.11 Å². The quantitative estimate of drug-likeness (QED) is 0.710.